The zero-order chi connectivity index (χ0) is 21.3. The van der Waals surface area contributed by atoms with E-state index in [1.807, 2.05) is 37.3 Å². The summed E-state index contributed by atoms with van der Waals surface area (Å²) in [7, 11) is 0. The number of hydrogen-bond acceptors (Lipinski definition) is 3. The molecule has 8 heteroatoms. The Bertz CT molecular complexity index is 1080. The maximum absolute atomic E-state index is 13.0. The van der Waals surface area contributed by atoms with Crippen molar-refractivity contribution in [3.63, 3.8) is 0 Å². The Morgan fingerprint density at radius 3 is 2.50 bits per heavy atom. The molecule has 0 bridgehead atoms. The molecule has 154 valence electrons. The largest absolute Gasteiger partial charge is 0.344 e. The molecule has 0 spiro atoms. The summed E-state index contributed by atoms with van der Waals surface area (Å²) in [5, 5.41) is 8.29. The number of fused-ring (bicyclic) bond motifs is 1. The predicted octanol–water partition coefficient (Wildman–Crippen LogP) is 4.34. The van der Waals surface area contributed by atoms with E-state index in [2.05, 4.69) is 10.4 Å². The Kier molecular flexibility index (Phi) is 5.79. The van der Waals surface area contributed by atoms with Crippen molar-refractivity contribution < 1.29 is 9.59 Å². The highest BCUT2D eigenvalue weighted by atomic mass is 35.5. The molecule has 1 aliphatic rings. The Morgan fingerprint density at radius 1 is 1.10 bits per heavy atom. The van der Waals surface area contributed by atoms with E-state index in [-0.39, 0.29) is 23.6 Å². The molecule has 30 heavy (non-hydrogen) atoms. The Morgan fingerprint density at radius 2 is 1.80 bits per heavy atom. The fourth-order valence-electron chi connectivity index (χ4n) is 3.47. The normalized spacial score (nSPS) is 14.4. The Labute approximate surface area is 184 Å². The van der Waals surface area contributed by atoms with Gasteiger partial charge in [-0.1, -0.05) is 59.6 Å². The number of halogens is 2. The number of amides is 2. The number of rotatable bonds is 5. The maximum Gasteiger partial charge on any atom is 0.272 e. The molecule has 0 saturated carbocycles. The third-order valence-corrected chi connectivity index (χ3v) is 5.87. The molecule has 4 rings (SSSR count). The number of benzene rings is 2. The van der Waals surface area contributed by atoms with Crippen LogP contribution < -0.4 is 5.32 Å². The van der Waals surface area contributed by atoms with Crippen molar-refractivity contribution in [2.75, 3.05) is 6.54 Å². The van der Waals surface area contributed by atoms with E-state index in [1.165, 1.54) is 6.07 Å². The molecule has 0 unspecified atom stereocenters. The molecule has 0 aliphatic carbocycles. The van der Waals surface area contributed by atoms with Crippen LogP contribution >= 0.6 is 23.2 Å². The van der Waals surface area contributed by atoms with Crippen molar-refractivity contribution in [2.45, 2.75) is 26.1 Å². The molecular weight excluding hydrogens is 423 g/mol. The first-order valence-electron chi connectivity index (χ1n) is 9.60. The van der Waals surface area contributed by atoms with E-state index in [9.17, 15) is 9.59 Å². The summed E-state index contributed by atoms with van der Waals surface area (Å²) in [6.07, 6.45) is 0. The molecule has 0 saturated heterocycles. The van der Waals surface area contributed by atoms with Gasteiger partial charge in [0.15, 0.2) is 5.69 Å². The molecule has 3 aromatic rings. The molecule has 2 heterocycles. The van der Waals surface area contributed by atoms with Crippen LogP contribution in [0.15, 0.2) is 54.6 Å². The quantitative estimate of drug-likeness (QED) is 0.638. The second kappa shape index (κ2) is 8.50. The van der Waals surface area contributed by atoms with Crippen LogP contribution in [-0.4, -0.2) is 33.0 Å². The van der Waals surface area contributed by atoms with Gasteiger partial charge in [-0.15, -0.1) is 0 Å². The molecule has 1 aromatic heterocycles. The number of nitrogens with one attached hydrogen (secondary N) is 1. The van der Waals surface area contributed by atoms with Gasteiger partial charge in [0.05, 0.1) is 12.6 Å². The van der Waals surface area contributed by atoms with Crippen molar-refractivity contribution >= 4 is 35.0 Å². The molecule has 2 aromatic carbocycles. The molecule has 1 N–H and O–H groups in total. The molecular formula is C22H20Cl2N4O2. The summed E-state index contributed by atoms with van der Waals surface area (Å²) >= 11 is 12.5. The van der Waals surface area contributed by atoms with E-state index in [4.69, 9.17) is 23.2 Å². The van der Waals surface area contributed by atoms with Crippen molar-refractivity contribution in [2.24, 2.45) is 0 Å². The van der Waals surface area contributed by atoms with Crippen LogP contribution in [0.3, 0.4) is 0 Å². The van der Waals surface area contributed by atoms with Crippen LogP contribution in [0.2, 0.25) is 10.0 Å². The van der Waals surface area contributed by atoms with Crippen LogP contribution in [-0.2, 0) is 13.1 Å². The fraction of sp³-hybridized carbons (Fsp3) is 0.227. The van der Waals surface area contributed by atoms with Gasteiger partial charge in [-0.3, -0.25) is 14.3 Å². The smallest absolute Gasteiger partial charge is 0.272 e. The zero-order valence-electron chi connectivity index (χ0n) is 16.3. The lowest BCUT2D eigenvalue weighted by molar-refractivity contribution is 0.0683. The summed E-state index contributed by atoms with van der Waals surface area (Å²) in [6.45, 7) is 3.15. The van der Waals surface area contributed by atoms with Crippen molar-refractivity contribution in [1.82, 2.24) is 20.0 Å². The third-order valence-electron chi connectivity index (χ3n) is 5.16. The van der Waals surface area contributed by atoms with Gasteiger partial charge >= 0.3 is 0 Å². The standard InChI is InChI=1S/C22H20Cl2N4O2/c1-14(15-6-3-2-4-7-15)25-21(29)19-12-20-22(30)27(10-11-28(20)26-19)13-16-17(23)8-5-9-18(16)24/h2-9,12,14H,10-11,13H2,1H3,(H,25,29)/t14-/m0/s1. The zero-order valence-corrected chi connectivity index (χ0v) is 17.8. The highest BCUT2D eigenvalue weighted by molar-refractivity contribution is 6.36. The van der Waals surface area contributed by atoms with Crippen LogP contribution in [0.5, 0.6) is 0 Å². The monoisotopic (exact) mass is 442 g/mol. The minimum atomic E-state index is -0.318. The SMILES string of the molecule is C[C@H](NC(=O)c1cc2n(n1)CCN(Cc1c(Cl)cccc1Cl)C2=O)c1ccccc1. The first-order chi connectivity index (χ1) is 14.4. The lowest BCUT2D eigenvalue weighted by atomic mass is 10.1. The molecule has 1 aliphatic heterocycles. The predicted molar refractivity (Wildman–Crippen MR) is 116 cm³/mol. The molecule has 0 radical (unpaired) electrons. The van der Waals surface area contributed by atoms with Crippen LogP contribution in [0.4, 0.5) is 0 Å². The molecule has 1 atom stereocenters. The van der Waals surface area contributed by atoms with Crippen LogP contribution in [0.25, 0.3) is 0 Å². The summed E-state index contributed by atoms with van der Waals surface area (Å²) < 4.78 is 1.58. The van der Waals surface area contributed by atoms with Crippen LogP contribution in [0, 0.1) is 0 Å². The van der Waals surface area contributed by atoms with E-state index in [1.54, 1.807) is 27.8 Å². The summed E-state index contributed by atoms with van der Waals surface area (Å²) in [5.41, 5.74) is 2.30. The number of carbonyl (C=O) groups excluding carboxylic acids is 2. The topological polar surface area (TPSA) is 67.2 Å². The summed E-state index contributed by atoms with van der Waals surface area (Å²) in [6, 6.07) is 16.3. The second-order valence-corrected chi connectivity index (χ2v) is 7.99. The first kappa shape index (κ1) is 20.4. The Hall–Kier alpha value is -2.83. The fourth-order valence-corrected chi connectivity index (χ4v) is 3.99. The average Bonchev–Trinajstić information content (AvgIpc) is 3.18. The van der Waals surface area contributed by atoms with Gasteiger partial charge in [0, 0.05) is 34.8 Å². The minimum absolute atomic E-state index is 0.174. The highest BCUT2D eigenvalue weighted by Gasteiger charge is 2.29. The number of nitrogens with zero attached hydrogens (tertiary/aromatic N) is 3. The van der Waals surface area contributed by atoms with E-state index in [0.29, 0.717) is 40.9 Å². The molecule has 6 nitrogen and oxygen atoms in total. The van der Waals surface area contributed by atoms with Crippen LogP contribution in [0.1, 0.15) is 45.1 Å². The van der Waals surface area contributed by atoms with E-state index >= 15 is 0 Å². The van der Waals surface area contributed by atoms with E-state index in [0.717, 1.165) is 5.56 Å². The van der Waals surface area contributed by atoms with Gasteiger partial charge in [0.2, 0.25) is 0 Å². The third kappa shape index (κ3) is 4.06. The van der Waals surface area contributed by atoms with E-state index < -0.39 is 0 Å². The van der Waals surface area contributed by atoms with Crippen molar-refractivity contribution in [3.05, 3.63) is 87.2 Å². The van der Waals surface area contributed by atoms with Gasteiger partial charge in [-0.2, -0.15) is 5.10 Å². The first-order valence-corrected chi connectivity index (χ1v) is 10.4. The summed E-state index contributed by atoms with van der Waals surface area (Å²) in [4.78, 5) is 27.3. The lowest BCUT2D eigenvalue weighted by Gasteiger charge is -2.28. The summed E-state index contributed by atoms with van der Waals surface area (Å²) in [5.74, 6) is -0.526. The van der Waals surface area contributed by atoms with Gasteiger partial charge < -0.3 is 10.2 Å². The lowest BCUT2D eigenvalue weighted by Crippen LogP contribution is -2.39. The van der Waals surface area contributed by atoms with Gasteiger partial charge in [-0.05, 0) is 24.6 Å². The van der Waals surface area contributed by atoms with Gasteiger partial charge in [0.1, 0.15) is 5.69 Å². The number of carbonyl (C=O) groups is 2. The number of aromatic nitrogens is 2. The molecule has 0 fully saturated rings. The van der Waals surface area contributed by atoms with Gasteiger partial charge in [-0.25, -0.2) is 0 Å². The second-order valence-electron chi connectivity index (χ2n) is 7.17. The maximum atomic E-state index is 13.0. The highest BCUT2D eigenvalue weighted by Crippen LogP contribution is 2.27. The minimum Gasteiger partial charge on any atom is -0.344 e. The molecule has 2 amide bonds. The average molecular weight is 443 g/mol. The number of hydrogen-bond donors (Lipinski definition) is 1. The van der Waals surface area contributed by atoms with Crippen molar-refractivity contribution in [3.8, 4) is 0 Å². The van der Waals surface area contributed by atoms with Crippen molar-refractivity contribution in [1.29, 1.82) is 0 Å². The van der Waals surface area contributed by atoms with Gasteiger partial charge in [0.25, 0.3) is 11.8 Å². The Balaban J connectivity index is 1.49.